The lowest BCUT2D eigenvalue weighted by atomic mass is 10.2. The first-order valence-corrected chi connectivity index (χ1v) is 7.33. The number of aryl methyl sites for hydroxylation is 1. The van der Waals surface area contributed by atoms with E-state index in [-0.39, 0.29) is 0 Å². The third kappa shape index (κ3) is 3.84. The molecule has 7 heteroatoms. The highest BCUT2D eigenvalue weighted by Crippen LogP contribution is 2.17. The van der Waals surface area contributed by atoms with Crippen LogP contribution < -0.4 is 4.72 Å². The molecule has 100 valence electrons. The van der Waals surface area contributed by atoms with Gasteiger partial charge < -0.3 is 0 Å². The minimum Gasteiger partial charge on any atom is -0.277 e. The minimum atomic E-state index is -3.58. The largest absolute Gasteiger partial charge is 0.277 e. The maximum absolute atomic E-state index is 11.8. The average molecular weight is 298 g/mol. The van der Waals surface area contributed by atoms with Crippen molar-refractivity contribution in [3.63, 3.8) is 0 Å². The molecule has 0 unspecified atom stereocenters. The lowest BCUT2D eigenvalue weighted by Crippen LogP contribution is -2.08. The summed E-state index contributed by atoms with van der Waals surface area (Å²) in [5.74, 6) is 0. The Morgan fingerprint density at radius 1 is 1.37 bits per heavy atom. The van der Waals surface area contributed by atoms with E-state index in [9.17, 15) is 8.42 Å². The number of benzene rings is 1. The summed E-state index contributed by atoms with van der Waals surface area (Å²) >= 11 is 5.94. The van der Waals surface area contributed by atoms with Crippen LogP contribution in [0, 0.1) is 0 Å². The Labute approximate surface area is 116 Å². The Morgan fingerprint density at radius 2 is 2.11 bits per heavy atom. The van der Waals surface area contributed by atoms with Crippen molar-refractivity contribution >= 4 is 33.4 Å². The highest BCUT2D eigenvalue weighted by atomic mass is 35.5. The van der Waals surface area contributed by atoms with Crippen LogP contribution in [0.25, 0.3) is 6.08 Å². The van der Waals surface area contributed by atoms with Crippen molar-refractivity contribution in [1.29, 1.82) is 0 Å². The minimum absolute atomic E-state index is 0.409. The quantitative estimate of drug-likeness (QED) is 0.943. The topological polar surface area (TPSA) is 64.0 Å². The van der Waals surface area contributed by atoms with Gasteiger partial charge in [0.05, 0.1) is 17.3 Å². The molecule has 0 aliphatic rings. The van der Waals surface area contributed by atoms with Gasteiger partial charge in [-0.25, -0.2) is 8.42 Å². The molecule has 0 aliphatic carbocycles. The van der Waals surface area contributed by atoms with Crippen LogP contribution >= 0.6 is 11.6 Å². The molecule has 2 aromatic rings. The fourth-order valence-electron chi connectivity index (χ4n) is 1.45. The van der Waals surface area contributed by atoms with E-state index in [1.54, 1.807) is 37.5 Å². The number of aromatic nitrogens is 2. The Morgan fingerprint density at radius 3 is 2.74 bits per heavy atom. The fraction of sp³-hybridized carbons (Fsp3) is 0.0833. The van der Waals surface area contributed by atoms with Crippen molar-refractivity contribution in [2.24, 2.45) is 7.05 Å². The van der Waals surface area contributed by atoms with Crippen molar-refractivity contribution in [2.45, 2.75) is 0 Å². The van der Waals surface area contributed by atoms with Crippen LogP contribution in [0.2, 0.25) is 5.02 Å². The first-order valence-electron chi connectivity index (χ1n) is 5.40. The van der Waals surface area contributed by atoms with Gasteiger partial charge in [-0.3, -0.25) is 9.40 Å². The normalized spacial score (nSPS) is 11.9. The van der Waals surface area contributed by atoms with E-state index in [0.29, 0.717) is 16.3 Å². The number of nitrogens with zero attached hydrogens (tertiary/aromatic N) is 2. The molecule has 19 heavy (non-hydrogen) atoms. The first-order chi connectivity index (χ1) is 8.96. The number of rotatable bonds is 4. The molecule has 1 heterocycles. The third-order valence-corrected chi connectivity index (χ3v) is 3.66. The monoisotopic (exact) mass is 297 g/mol. The number of hydrogen-bond donors (Lipinski definition) is 1. The van der Waals surface area contributed by atoms with E-state index in [2.05, 4.69) is 9.82 Å². The summed E-state index contributed by atoms with van der Waals surface area (Å²) in [6.45, 7) is 0. The van der Waals surface area contributed by atoms with Gasteiger partial charge in [-0.15, -0.1) is 0 Å². The van der Waals surface area contributed by atoms with Crippen molar-refractivity contribution in [2.75, 3.05) is 4.72 Å². The Hall–Kier alpha value is -1.79. The van der Waals surface area contributed by atoms with Crippen LogP contribution in [0.5, 0.6) is 0 Å². The predicted octanol–water partition coefficient (Wildman–Crippen LogP) is 2.49. The molecule has 0 fully saturated rings. The third-order valence-electron chi connectivity index (χ3n) is 2.30. The highest BCUT2D eigenvalue weighted by Gasteiger charge is 2.07. The van der Waals surface area contributed by atoms with E-state index in [4.69, 9.17) is 11.6 Å². The summed E-state index contributed by atoms with van der Waals surface area (Å²) in [5, 5.41) is 5.44. The summed E-state index contributed by atoms with van der Waals surface area (Å²) in [4.78, 5) is 0. The van der Waals surface area contributed by atoms with Crippen molar-refractivity contribution < 1.29 is 8.42 Å². The molecule has 0 saturated heterocycles. The van der Waals surface area contributed by atoms with Crippen LogP contribution in [0.3, 0.4) is 0 Å². The van der Waals surface area contributed by atoms with Crippen LogP contribution in [-0.4, -0.2) is 18.2 Å². The second kappa shape index (κ2) is 5.46. The molecule has 1 aromatic carbocycles. The van der Waals surface area contributed by atoms with E-state index < -0.39 is 10.0 Å². The summed E-state index contributed by atoms with van der Waals surface area (Å²) in [7, 11) is -1.87. The molecular weight excluding hydrogens is 286 g/mol. The summed E-state index contributed by atoms with van der Waals surface area (Å²) < 4.78 is 27.5. The molecule has 1 N–H and O–H groups in total. The van der Waals surface area contributed by atoms with Crippen molar-refractivity contribution in [3.8, 4) is 0 Å². The zero-order valence-corrected chi connectivity index (χ0v) is 11.7. The van der Waals surface area contributed by atoms with Gasteiger partial charge in [-0.2, -0.15) is 5.10 Å². The molecule has 0 atom stereocenters. The molecule has 0 bridgehead atoms. The van der Waals surface area contributed by atoms with Crippen LogP contribution in [0.1, 0.15) is 5.56 Å². The van der Waals surface area contributed by atoms with E-state index in [1.165, 1.54) is 17.0 Å². The Bertz CT molecular complexity index is 707. The SMILES string of the molecule is Cn1cc(NS(=O)(=O)/C=C/c2ccccc2Cl)cn1. The molecule has 0 spiro atoms. The average Bonchev–Trinajstić information content (AvgIpc) is 2.73. The lowest BCUT2D eigenvalue weighted by molar-refractivity contribution is 0.609. The van der Waals surface area contributed by atoms with Gasteiger partial charge in [0.15, 0.2) is 0 Å². The summed E-state index contributed by atoms with van der Waals surface area (Å²) in [5.41, 5.74) is 1.05. The zero-order chi connectivity index (χ0) is 13.9. The van der Waals surface area contributed by atoms with Crippen molar-refractivity contribution in [1.82, 2.24) is 9.78 Å². The van der Waals surface area contributed by atoms with Gasteiger partial charge in [0.2, 0.25) is 0 Å². The number of sulfonamides is 1. The molecule has 0 radical (unpaired) electrons. The maximum Gasteiger partial charge on any atom is 0.255 e. The summed E-state index contributed by atoms with van der Waals surface area (Å²) in [6, 6.07) is 7.00. The summed E-state index contributed by atoms with van der Waals surface area (Å²) in [6.07, 6.45) is 4.45. The van der Waals surface area contributed by atoms with E-state index in [0.717, 1.165) is 5.41 Å². The maximum atomic E-state index is 11.8. The van der Waals surface area contributed by atoms with E-state index in [1.807, 2.05) is 0 Å². The van der Waals surface area contributed by atoms with Gasteiger partial charge in [0, 0.05) is 18.3 Å². The molecule has 0 aliphatic heterocycles. The Kier molecular flexibility index (Phi) is 3.92. The zero-order valence-electron chi connectivity index (χ0n) is 10.1. The number of anilines is 1. The number of halogens is 1. The van der Waals surface area contributed by atoms with Gasteiger partial charge in [-0.1, -0.05) is 29.8 Å². The van der Waals surface area contributed by atoms with Gasteiger partial charge >= 0.3 is 0 Å². The number of nitrogens with one attached hydrogen (secondary N) is 1. The second-order valence-electron chi connectivity index (χ2n) is 3.87. The molecule has 2 rings (SSSR count). The highest BCUT2D eigenvalue weighted by molar-refractivity contribution is 7.95. The smallest absolute Gasteiger partial charge is 0.255 e. The van der Waals surface area contributed by atoms with Gasteiger partial charge in [0.25, 0.3) is 10.0 Å². The molecule has 5 nitrogen and oxygen atoms in total. The molecule has 0 saturated carbocycles. The fourth-order valence-corrected chi connectivity index (χ4v) is 2.47. The first kappa shape index (κ1) is 13.6. The second-order valence-corrected chi connectivity index (χ2v) is 5.85. The number of hydrogen-bond acceptors (Lipinski definition) is 3. The molecule has 0 amide bonds. The predicted molar refractivity (Wildman–Crippen MR) is 76.2 cm³/mol. The van der Waals surface area contributed by atoms with Gasteiger partial charge in [-0.05, 0) is 17.7 Å². The lowest BCUT2D eigenvalue weighted by Gasteiger charge is -2.01. The molecular formula is C12H12ClN3O2S. The van der Waals surface area contributed by atoms with Crippen molar-refractivity contribution in [3.05, 3.63) is 52.7 Å². The van der Waals surface area contributed by atoms with Crippen LogP contribution in [0.4, 0.5) is 5.69 Å². The van der Waals surface area contributed by atoms with Crippen LogP contribution in [-0.2, 0) is 17.1 Å². The van der Waals surface area contributed by atoms with E-state index >= 15 is 0 Å². The van der Waals surface area contributed by atoms with Crippen LogP contribution in [0.15, 0.2) is 42.1 Å². The van der Waals surface area contributed by atoms with Gasteiger partial charge in [0.1, 0.15) is 0 Å². The standard InChI is InChI=1S/C12H12ClN3O2S/c1-16-9-11(8-14-16)15-19(17,18)7-6-10-4-2-3-5-12(10)13/h2-9,15H,1H3/b7-6+. The Balaban J connectivity index is 2.15. The molecule has 1 aromatic heterocycles.